The second-order valence-electron chi connectivity index (χ2n) is 3.68. The Morgan fingerprint density at radius 2 is 2.11 bits per heavy atom. The second-order valence-corrected chi connectivity index (χ2v) is 3.68. The van der Waals surface area contributed by atoms with Crippen molar-refractivity contribution in [1.29, 1.82) is 0 Å². The molecule has 0 amide bonds. The lowest BCUT2D eigenvalue weighted by molar-refractivity contribution is -0.137. The quantitative estimate of drug-likeness (QED) is 0.881. The van der Waals surface area contributed by atoms with E-state index in [4.69, 9.17) is 10.3 Å². The third kappa shape index (κ3) is 3.57. The average Bonchev–Trinajstić information content (AvgIpc) is 2.80. The fourth-order valence-corrected chi connectivity index (χ4v) is 1.41. The van der Waals surface area contributed by atoms with Crippen molar-refractivity contribution in [3.63, 3.8) is 0 Å². The molecule has 0 fully saturated rings. The lowest BCUT2D eigenvalue weighted by Crippen LogP contribution is -2.11. The molecule has 0 aromatic carbocycles. The number of aromatic nitrogens is 3. The van der Waals surface area contributed by atoms with Crippen LogP contribution in [0, 0.1) is 0 Å². The van der Waals surface area contributed by atoms with Gasteiger partial charge in [-0.1, -0.05) is 5.16 Å². The van der Waals surface area contributed by atoms with Gasteiger partial charge in [0.25, 0.3) is 0 Å². The minimum Gasteiger partial charge on any atom is -0.384 e. The Morgan fingerprint density at radius 3 is 2.74 bits per heavy atom. The molecular formula is C10H10F3N5O. The van der Waals surface area contributed by atoms with Gasteiger partial charge in [0, 0.05) is 13.0 Å². The normalized spacial score (nSPS) is 11.5. The van der Waals surface area contributed by atoms with Crippen LogP contribution in [0.5, 0.6) is 0 Å². The lowest BCUT2D eigenvalue weighted by atomic mass is 10.2. The molecule has 0 spiro atoms. The molecule has 2 aromatic heterocycles. The van der Waals surface area contributed by atoms with Gasteiger partial charge in [-0.15, -0.1) is 0 Å². The minimum absolute atomic E-state index is 0.0480. The number of alkyl halides is 3. The summed E-state index contributed by atoms with van der Waals surface area (Å²) in [7, 11) is 0. The second kappa shape index (κ2) is 5.12. The van der Waals surface area contributed by atoms with E-state index >= 15 is 0 Å². The predicted octanol–water partition coefficient (Wildman–Crippen LogP) is 1.72. The number of halogens is 3. The molecule has 0 bridgehead atoms. The first kappa shape index (κ1) is 13.1. The summed E-state index contributed by atoms with van der Waals surface area (Å²) >= 11 is 0. The van der Waals surface area contributed by atoms with Crippen LogP contribution in [-0.2, 0) is 12.6 Å². The number of nitrogens with one attached hydrogen (secondary N) is 1. The molecule has 0 saturated carbocycles. The van der Waals surface area contributed by atoms with Crippen LogP contribution in [0.1, 0.15) is 11.5 Å². The molecule has 6 nitrogen and oxygen atoms in total. The zero-order valence-corrected chi connectivity index (χ0v) is 9.61. The van der Waals surface area contributed by atoms with Gasteiger partial charge in [-0.3, -0.25) is 0 Å². The van der Waals surface area contributed by atoms with Gasteiger partial charge in [0.15, 0.2) is 6.33 Å². The van der Waals surface area contributed by atoms with Crippen LogP contribution in [0.4, 0.5) is 24.8 Å². The van der Waals surface area contributed by atoms with E-state index in [1.54, 1.807) is 0 Å². The lowest BCUT2D eigenvalue weighted by Gasteiger charge is -2.10. The van der Waals surface area contributed by atoms with E-state index in [0.29, 0.717) is 18.9 Å². The van der Waals surface area contributed by atoms with E-state index in [9.17, 15) is 13.2 Å². The molecule has 0 radical (unpaired) electrons. The fraction of sp³-hybridized carbons (Fsp3) is 0.300. The molecule has 0 saturated heterocycles. The number of hydrogen-bond acceptors (Lipinski definition) is 6. The molecule has 2 heterocycles. The summed E-state index contributed by atoms with van der Waals surface area (Å²) in [5.41, 5.74) is 4.48. The molecule has 2 rings (SSSR count). The number of anilines is 2. The number of nitrogens with two attached hydrogens (primary N) is 1. The third-order valence-corrected chi connectivity index (χ3v) is 2.22. The molecule has 3 N–H and O–H groups in total. The van der Waals surface area contributed by atoms with Crippen LogP contribution >= 0.6 is 0 Å². The van der Waals surface area contributed by atoms with Crippen molar-refractivity contribution >= 4 is 11.6 Å². The van der Waals surface area contributed by atoms with Crippen molar-refractivity contribution in [2.75, 3.05) is 17.6 Å². The van der Waals surface area contributed by atoms with Crippen molar-refractivity contribution in [2.45, 2.75) is 12.6 Å². The SMILES string of the molecule is Nc1cc(C(F)(F)F)cc(NCCc2ncno2)n1. The molecule has 19 heavy (non-hydrogen) atoms. The largest absolute Gasteiger partial charge is 0.416 e. The topological polar surface area (TPSA) is 89.9 Å². The maximum atomic E-state index is 12.5. The summed E-state index contributed by atoms with van der Waals surface area (Å²) in [5, 5.41) is 6.13. The van der Waals surface area contributed by atoms with Gasteiger partial charge < -0.3 is 15.6 Å². The van der Waals surface area contributed by atoms with Gasteiger partial charge in [0.05, 0.1) is 5.56 Å². The van der Waals surface area contributed by atoms with Crippen molar-refractivity contribution in [3.8, 4) is 0 Å². The summed E-state index contributed by atoms with van der Waals surface area (Å²) in [6.07, 6.45) is -2.84. The zero-order chi connectivity index (χ0) is 13.9. The first-order valence-corrected chi connectivity index (χ1v) is 5.29. The molecule has 2 aromatic rings. The third-order valence-electron chi connectivity index (χ3n) is 2.22. The van der Waals surface area contributed by atoms with Crippen LogP contribution in [0.2, 0.25) is 0 Å². The molecule has 9 heteroatoms. The van der Waals surface area contributed by atoms with Gasteiger partial charge >= 0.3 is 6.18 Å². The average molecular weight is 273 g/mol. The van der Waals surface area contributed by atoms with Crippen molar-refractivity contribution < 1.29 is 17.7 Å². The van der Waals surface area contributed by atoms with Gasteiger partial charge in [-0.05, 0) is 12.1 Å². The van der Waals surface area contributed by atoms with Crippen molar-refractivity contribution in [1.82, 2.24) is 15.1 Å². The van der Waals surface area contributed by atoms with Gasteiger partial charge in [0.2, 0.25) is 5.89 Å². The highest BCUT2D eigenvalue weighted by molar-refractivity contribution is 5.47. The number of pyridine rings is 1. The Bertz CT molecular complexity index is 541. The van der Waals surface area contributed by atoms with E-state index in [0.717, 1.165) is 12.1 Å². The molecule has 0 unspecified atom stereocenters. The molecule has 0 aliphatic rings. The molecule has 0 atom stereocenters. The maximum absolute atomic E-state index is 12.5. The predicted molar refractivity (Wildman–Crippen MR) is 60.1 cm³/mol. The highest BCUT2D eigenvalue weighted by atomic mass is 19.4. The maximum Gasteiger partial charge on any atom is 0.416 e. The van der Waals surface area contributed by atoms with Crippen LogP contribution in [0.15, 0.2) is 23.0 Å². The Labute approximate surface area is 105 Å². The van der Waals surface area contributed by atoms with Crippen LogP contribution < -0.4 is 11.1 Å². The van der Waals surface area contributed by atoms with Gasteiger partial charge in [0.1, 0.15) is 11.6 Å². The van der Waals surface area contributed by atoms with E-state index in [1.807, 2.05) is 0 Å². The Hall–Kier alpha value is -2.32. The smallest absolute Gasteiger partial charge is 0.384 e. The van der Waals surface area contributed by atoms with Crippen molar-refractivity contribution in [3.05, 3.63) is 29.9 Å². The van der Waals surface area contributed by atoms with Crippen LogP contribution in [-0.4, -0.2) is 21.7 Å². The Morgan fingerprint density at radius 1 is 1.32 bits per heavy atom. The molecule has 102 valence electrons. The summed E-state index contributed by atoms with van der Waals surface area (Å²) in [4.78, 5) is 7.55. The van der Waals surface area contributed by atoms with Crippen LogP contribution in [0.25, 0.3) is 0 Å². The highest BCUT2D eigenvalue weighted by Crippen LogP contribution is 2.31. The summed E-state index contributed by atoms with van der Waals surface area (Å²) in [6, 6.07) is 1.67. The first-order chi connectivity index (χ1) is 8.95. The van der Waals surface area contributed by atoms with Gasteiger partial charge in [-0.25, -0.2) is 4.98 Å². The standard InChI is InChI=1S/C10H10F3N5O/c11-10(12,13)6-3-7(14)18-8(4-6)15-2-1-9-16-5-17-19-9/h3-5H,1-2H2,(H3,14,15,18). The Kier molecular flexibility index (Phi) is 3.54. The molecule has 0 aliphatic carbocycles. The number of nitrogen functional groups attached to an aromatic ring is 1. The Balaban J connectivity index is 2.02. The number of hydrogen-bond donors (Lipinski definition) is 2. The fourth-order valence-electron chi connectivity index (χ4n) is 1.41. The molecule has 0 aliphatic heterocycles. The van der Waals surface area contributed by atoms with E-state index < -0.39 is 11.7 Å². The zero-order valence-electron chi connectivity index (χ0n) is 9.61. The first-order valence-electron chi connectivity index (χ1n) is 5.29. The van der Waals surface area contributed by atoms with E-state index in [2.05, 4.69) is 20.4 Å². The number of rotatable bonds is 4. The van der Waals surface area contributed by atoms with E-state index in [1.165, 1.54) is 6.33 Å². The molecular weight excluding hydrogens is 263 g/mol. The summed E-state index contributed by atoms with van der Waals surface area (Å²) < 4.78 is 42.4. The monoisotopic (exact) mass is 273 g/mol. The van der Waals surface area contributed by atoms with E-state index in [-0.39, 0.29) is 11.6 Å². The minimum atomic E-state index is -4.46. The van der Waals surface area contributed by atoms with Crippen LogP contribution in [0.3, 0.4) is 0 Å². The summed E-state index contributed by atoms with van der Waals surface area (Å²) in [6.45, 7) is 0.302. The van der Waals surface area contributed by atoms with Crippen molar-refractivity contribution in [2.24, 2.45) is 0 Å². The highest BCUT2D eigenvalue weighted by Gasteiger charge is 2.31. The van der Waals surface area contributed by atoms with Gasteiger partial charge in [-0.2, -0.15) is 18.2 Å². The summed E-state index contributed by atoms with van der Waals surface area (Å²) in [5.74, 6) is 0.231. The number of nitrogens with zero attached hydrogens (tertiary/aromatic N) is 3.